The second-order valence-electron chi connectivity index (χ2n) is 6.00. The van der Waals surface area contributed by atoms with E-state index in [1.54, 1.807) is 18.2 Å². The number of benzene rings is 1. The van der Waals surface area contributed by atoms with Gasteiger partial charge in [0.15, 0.2) is 0 Å². The van der Waals surface area contributed by atoms with Crippen LogP contribution in [-0.4, -0.2) is 24.2 Å². The fraction of sp³-hybridized carbons (Fsp3) is 0.533. The molecule has 3 rings (SSSR count). The second kappa shape index (κ2) is 4.44. The van der Waals surface area contributed by atoms with Crippen LogP contribution in [0.25, 0.3) is 0 Å². The van der Waals surface area contributed by atoms with Crippen molar-refractivity contribution >= 4 is 17.3 Å². The van der Waals surface area contributed by atoms with Crippen LogP contribution in [0.2, 0.25) is 0 Å². The number of hydrogen-bond acceptors (Lipinski definition) is 3. The molecule has 4 nitrogen and oxygen atoms in total. The number of anilines is 2. The molecule has 3 N–H and O–H groups in total. The first kappa shape index (κ1) is 12.3. The summed E-state index contributed by atoms with van der Waals surface area (Å²) >= 11 is 0. The zero-order valence-corrected chi connectivity index (χ0v) is 11.1. The average molecular weight is 260 g/mol. The number of nitrogen functional groups attached to an aromatic ring is 1. The minimum absolute atomic E-state index is 0.361. The quantitative estimate of drug-likeness (QED) is 0.802. The molecule has 1 aromatic carbocycles. The van der Waals surface area contributed by atoms with Crippen molar-refractivity contribution in [3.63, 3.8) is 0 Å². The van der Waals surface area contributed by atoms with Crippen LogP contribution in [0, 0.1) is 5.41 Å². The van der Waals surface area contributed by atoms with Gasteiger partial charge in [-0.3, -0.25) is 0 Å². The first-order valence-electron chi connectivity index (χ1n) is 6.97. The van der Waals surface area contributed by atoms with Crippen molar-refractivity contribution in [1.29, 1.82) is 0 Å². The maximum absolute atomic E-state index is 11.3. The summed E-state index contributed by atoms with van der Waals surface area (Å²) in [6.45, 7) is 1.97. The fourth-order valence-corrected chi connectivity index (χ4v) is 3.54. The standard InChI is InChI=1S/C15H20N2O2/c16-11-4-5-12(14(18)19)13(8-11)17-9-15(10-17)6-2-1-3-7-15/h4-5,8H,1-3,6-7,9-10,16H2,(H,18,19). The van der Waals surface area contributed by atoms with E-state index < -0.39 is 5.97 Å². The van der Waals surface area contributed by atoms with Crippen molar-refractivity contribution in [3.8, 4) is 0 Å². The predicted molar refractivity (Wildman–Crippen MR) is 75.5 cm³/mol. The van der Waals surface area contributed by atoms with Gasteiger partial charge in [0.2, 0.25) is 0 Å². The molecule has 0 unspecified atom stereocenters. The van der Waals surface area contributed by atoms with Gasteiger partial charge in [-0.15, -0.1) is 0 Å². The molecule has 1 saturated heterocycles. The highest BCUT2D eigenvalue weighted by Gasteiger charge is 2.44. The van der Waals surface area contributed by atoms with E-state index in [2.05, 4.69) is 4.90 Å². The van der Waals surface area contributed by atoms with Crippen LogP contribution in [0.15, 0.2) is 18.2 Å². The SMILES string of the molecule is Nc1ccc(C(=O)O)c(N2CC3(CCCCC3)C2)c1. The van der Waals surface area contributed by atoms with Gasteiger partial charge in [0.1, 0.15) is 0 Å². The Bertz CT molecular complexity index is 499. The Morgan fingerprint density at radius 1 is 1.21 bits per heavy atom. The van der Waals surface area contributed by atoms with Gasteiger partial charge in [-0.05, 0) is 31.0 Å². The van der Waals surface area contributed by atoms with E-state index in [-0.39, 0.29) is 0 Å². The van der Waals surface area contributed by atoms with Crippen molar-refractivity contribution < 1.29 is 9.90 Å². The van der Waals surface area contributed by atoms with Gasteiger partial charge in [-0.2, -0.15) is 0 Å². The normalized spacial score (nSPS) is 21.2. The van der Waals surface area contributed by atoms with E-state index in [1.807, 2.05) is 0 Å². The van der Waals surface area contributed by atoms with Gasteiger partial charge in [-0.25, -0.2) is 4.79 Å². The molecule has 0 atom stereocenters. The van der Waals surface area contributed by atoms with Gasteiger partial charge in [0, 0.05) is 24.2 Å². The van der Waals surface area contributed by atoms with Gasteiger partial charge < -0.3 is 15.7 Å². The molecule has 1 aliphatic heterocycles. The number of carboxylic acids is 1. The molecule has 1 saturated carbocycles. The molecule has 102 valence electrons. The van der Waals surface area contributed by atoms with Gasteiger partial charge >= 0.3 is 5.97 Å². The third-order valence-corrected chi connectivity index (χ3v) is 4.56. The molecule has 0 radical (unpaired) electrons. The van der Waals surface area contributed by atoms with Gasteiger partial charge in [0.25, 0.3) is 0 Å². The molecule has 1 heterocycles. The van der Waals surface area contributed by atoms with E-state index >= 15 is 0 Å². The van der Waals surface area contributed by atoms with E-state index in [4.69, 9.17) is 5.73 Å². The number of carbonyl (C=O) groups is 1. The van der Waals surface area contributed by atoms with Crippen molar-refractivity contribution in [3.05, 3.63) is 23.8 Å². The summed E-state index contributed by atoms with van der Waals surface area (Å²) in [4.78, 5) is 13.4. The monoisotopic (exact) mass is 260 g/mol. The van der Waals surface area contributed by atoms with Gasteiger partial charge in [0.05, 0.1) is 11.3 Å². The second-order valence-corrected chi connectivity index (χ2v) is 6.00. The Kier molecular flexibility index (Phi) is 2.88. The number of aromatic carboxylic acids is 1. The third kappa shape index (κ3) is 2.15. The fourth-order valence-electron chi connectivity index (χ4n) is 3.54. The largest absolute Gasteiger partial charge is 0.478 e. The zero-order valence-electron chi connectivity index (χ0n) is 11.1. The number of carboxylic acid groups (broad SMARTS) is 1. The van der Waals surface area contributed by atoms with Gasteiger partial charge in [-0.1, -0.05) is 19.3 Å². The summed E-state index contributed by atoms with van der Waals surface area (Å²) in [7, 11) is 0. The lowest BCUT2D eigenvalue weighted by atomic mass is 9.68. The van der Waals surface area contributed by atoms with Crippen LogP contribution >= 0.6 is 0 Å². The smallest absolute Gasteiger partial charge is 0.337 e. The minimum atomic E-state index is -0.875. The lowest BCUT2D eigenvalue weighted by Gasteiger charge is -2.54. The van der Waals surface area contributed by atoms with Crippen molar-refractivity contribution in [2.24, 2.45) is 5.41 Å². The molecule has 4 heteroatoms. The molecular formula is C15H20N2O2. The highest BCUT2D eigenvalue weighted by molar-refractivity contribution is 5.95. The Hall–Kier alpha value is -1.71. The minimum Gasteiger partial charge on any atom is -0.478 e. The Labute approximate surface area is 113 Å². The molecule has 19 heavy (non-hydrogen) atoms. The first-order chi connectivity index (χ1) is 9.10. The summed E-state index contributed by atoms with van der Waals surface area (Å²) in [5.41, 5.74) is 8.01. The van der Waals surface area contributed by atoms with Crippen LogP contribution in [-0.2, 0) is 0 Å². The topological polar surface area (TPSA) is 66.6 Å². The molecule has 0 aromatic heterocycles. The number of nitrogens with zero attached hydrogens (tertiary/aromatic N) is 1. The Morgan fingerprint density at radius 3 is 2.53 bits per heavy atom. The summed E-state index contributed by atoms with van der Waals surface area (Å²) in [6, 6.07) is 5.06. The van der Waals surface area contributed by atoms with E-state index in [1.165, 1.54) is 32.1 Å². The molecule has 1 aromatic rings. The highest BCUT2D eigenvalue weighted by atomic mass is 16.4. The van der Waals surface area contributed by atoms with Crippen LogP contribution in [0.4, 0.5) is 11.4 Å². The Morgan fingerprint density at radius 2 is 1.89 bits per heavy atom. The number of hydrogen-bond donors (Lipinski definition) is 2. The van der Waals surface area contributed by atoms with Crippen LogP contribution in [0.1, 0.15) is 42.5 Å². The molecular weight excluding hydrogens is 240 g/mol. The summed E-state index contributed by atoms with van der Waals surface area (Å²) in [6.07, 6.45) is 6.55. The predicted octanol–water partition coefficient (Wildman–Crippen LogP) is 2.74. The summed E-state index contributed by atoms with van der Waals surface area (Å²) in [5, 5.41) is 9.26. The molecule has 0 amide bonds. The maximum atomic E-state index is 11.3. The number of rotatable bonds is 2. The van der Waals surface area contributed by atoms with Crippen molar-refractivity contribution in [1.82, 2.24) is 0 Å². The summed E-state index contributed by atoms with van der Waals surface area (Å²) in [5.74, 6) is -0.875. The molecule has 1 spiro atoms. The lowest BCUT2D eigenvalue weighted by molar-refractivity contribution is 0.0695. The zero-order chi connectivity index (χ0) is 13.5. The molecule has 2 fully saturated rings. The lowest BCUT2D eigenvalue weighted by Crippen LogP contribution is -2.57. The van der Waals surface area contributed by atoms with Crippen molar-refractivity contribution in [2.75, 3.05) is 23.7 Å². The summed E-state index contributed by atoms with van der Waals surface area (Å²) < 4.78 is 0. The average Bonchev–Trinajstić information content (AvgIpc) is 2.36. The van der Waals surface area contributed by atoms with E-state index in [0.717, 1.165) is 18.8 Å². The van der Waals surface area contributed by atoms with E-state index in [9.17, 15) is 9.90 Å². The molecule has 1 aliphatic carbocycles. The van der Waals surface area contributed by atoms with E-state index in [0.29, 0.717) is 16.7 Å². The van der Waals surface area contributed by atoms with Crippen LogP contribution < -0.4 is 10.6 Å². The maximum Gasteiger partial charge on any atom is 0.337 e. The Balaban J connectivity index is 1.81. The van der Waals surface area contributed by atoms with Crippen LogP contribution in [0.5, 0.6) is 0 Å². The molecule has 0 bridgehead atoms. The van der Waals surface area contributed by atoms with Crippen molar-refractivity contribution in [2.45, 2.75) is 32.1 Å². The third-order valence-electron chi connectivity index (χ3n) is 4.56. The van der Waals surface area contributed by atoms with Crippen LogP contribution in [0.3, 0.4) is 0 Å². The number of nitrogens with two attached hydrogens (primary N) is 1. The molecule has 2 aliphatic rings. The first-order valence-corrected chi connectivity index (χ1v) is 6.97. The highest BCUT2D eigenvalue weighted by Crippen LogP contribution is 2.46.